The van der Waals surface area contributed by atoms with Gasteiger partial charge in [0.2, 0.25) is 0 Å². The van der Waals surface area contributed by atoms with Gasteiger partial charge in [-0.2, -0.15) is 0 Å². The van der Waals surface area contributed by atoms with Crippen molar-refractivity contribution < 1.29 is 9.53 Å². The highest BCUT2D eigenvalue weighted by atomic mass is 16.5. The molecule has 1 aromatic heterocycles. The van der Waals surface area contributed by atoms with Crippen LogP contribution in [0, 0.1) is 0 Å². The van der Waals surface area contributed by atoms with Crippen LogP contribution in [0.4, 0.5) is 0 Å². The minimum Gasteiger partial charge on any atom is -0.497 e. The van der Waals surface area contributed by atoms with Crippen LogP contribution in [0.2, 0.25) is 0 Å². The van der Waals surface area contributed by atoms with Crippen LogP contribution in [0.1, 0.15) is 27.7 Å². The molecule has 25 heavy (non-hydrogen) atoms. The van der Waals surface area contributed by atoms with Crippen molar-refractivity contribution in [2.45, 2.75) is 12.3 Å². The Bertz CT molecular complexity index is 902. The lowest BCUT2D eigenvalue weighted by atomic mass is 9.94. The molecule has 1 aliphatic rings. The number of carbonyl (C=O) groups excluding carboxylic acids is 1. The summed E-state index contributed by atoms with van der Waals surface area (Å²) in [7, 11) is 1.63. The predicted molar refractivity (Wildman–Crippen MR) is 95.8 cm³/mol. The number of benzene rings is 2. The number of methoxy groups -OCH3 is 1. The van der Waals surface area contributed by atoms with E-state index in [4.69, 9.17) is 4.74 Å². The van der Waals surface area contributed by atoms with E-state index in [0.717, 1.165) is 23.4 Å². The van der Waals surface area contributed by atoms with Gasteiger partial charge in [-0.25, -0.2) is 4.98 Å². The van der Waals surface area contributed by atoms with Crippen LogP contribution in [0.3, 0.4) is 0 Å². The van der Waals surface area contributed by atoms with Gasteiger partial charge in [-0.1, -0.05) is 42.5 Å². The fraction of sp³-hybridized carbons (Fsp3) is 0.200. The number of ether oxygens (including phenoxy) is 1. The van der Waals surface area contributed by atoms with Crippen LogP contribution in [0.15, 0.2) is 54.6 Å². The number of H-pyrrole nitrogens is 1. The highest BCUT2D eigenvalue weighted by molar-refractivity contribution is 5.94. The number of imidazole rings is 1. The van der Waals surface area contributed by atoms with Gasteiger partial charge in [0.25, 0.3) is 5.91 Å². The molecular formula is C20H19N3O2. The minimum absolute atomic E-state index is 0.126. The number of carbonyl (C=O) groups is 1. The summed E-state index contributed by atoms with van der Waals surface area (Å²) in [6, 6.07) is 17.9. The van der Waals surface area contributed by atoms with Crippen molar-refractivity contribution in [1.82, 2.24) is 15.3 Å². The van der Waals surface area contributed by atoms with Gasteiger partial charge in [-0.05, 0) is 24.1 Å². The first-order chi connectivity index (χ1) is 12.2. The summed E-state index contributed by atoms with van der Waals surface area (Å²) in [5.41, 5.74) is 3.47. The third kappa shape index (κ3) is 3.01. The summed E-state index contributed by atoms with van der Waals surface area (Å²) in [6.45, 7) is 0.613. The minimum atomic E-state index is -0.126. The lowest BCUT2D eigenvalue weighted by Crippen LogP contribution is -2.26. The summed E-state index contributed by atoms with van der Waals surface area (Å²) >= 11 is 0. The third-order valence-electron chi connectivity index (χ3n) is 4.57. The summed E-state index contributed by atoms with van der Waals surface area (Å²) in [5.74, 6) is 1.55. The average molecular weight is 333 g/mol. The summed E-state index contributed by atoms with van der Waals surface area (Å²) < 4.78 is 5.27. The molecule has 3 aromatic rings. The number of amides is 1. The summed E-state index contributed by atoms with van der Waals surface area (Å²) in [5, 5.41) is 2.99. The van der Waals surface area contributed by atoms with E-state index >= 15 is 0 Å². The number of rotatable bonds is 3. The Balaban J connectivity index is 1.70. The quantitative estimate of drug-likeness (QED) is 0.774. The van der Waals surface area contributed by atoms with E-state index < -0.39 is 0 Å². The molecule has 0 unspecified atom stereocenters. The fourth-order valence-corrected chi connectivity index (χ4v) is 3.23. The molecule has 0 bridgehead atoms. The molecule has 0 radical (unpaired) electrons. The zero-order valence-corrected chi connectivity index (χ0v) is 14.0. The molecule has 4 rings (SSSR count). The van der Waals surface area contributed by atoms with E-state index in [1.54, 1.807) is 7.11 Å². The van der Waals surface area contributed by atoms with Crippen LogP contribution in [-0.4, -0.2) is 29.5 Å². The van der Waals surface area contributed by atoms with E-state index in [-0.39, 0.29) is 11.8 Å². The van der Waals surface area contributed by atoms with Crippen molar-refractivity contribution in [2.24, 2.45) is 0 Å². The molecule has 5 heteroatoms. The molecule has 2 aromatic carbocycles. The first-order valence-corrected chi connectivity index (χ1v) is 8.31. The molecule has 0 saturated carbocycles. The second-order valence-corrected chi connectivity index (χ2v) is 6.17. The summed E-state index contributed by atoms with van der Waals surface area (Å²) in [4.78, 5) is 20.3. The Hall–Kier alpha value is -3.08. The van der Waals surface area contributed by atoms with Gasteiger partial charge < -0.3 is 15.0 Å². The Morgan fingerprint density at radius 2 is 1.96 bits per heavy atom. The normalized spacial score (nSPS) is 16.7. The van der Waals surface area contributed by atoms with E-state index in [2.05, 4.69) is 27.4 Å². The molecule has 2 heterocycles. The average Bonchev–Trinajstić information content (AvgIpc) is 3.03. The van der Waals surface area contributed by atoms with Crippen molar-refractivity contribution >= 4 is 5.91 Å². The second kappa shape index (κ2) is 6.43. The van der Waals surface area contributed by atoms with Crippen molar-refractivity contribution in [3.63, 3.8) is 0 Å². The first kappa shape index (κ1) is 15.4. The van der Waals surface area contributed by atoms with Gasteiger partial charge in [0.15, 0.2) is 0 Å². The monoisotopic (exact) mass is 333 g/mol. The van der Waals surface area contributed by atoms with E-state index in [1.807, 2.05) is 42.5 Å². The van der Waals surface area contributed by atoms with Crippen molar-refractivity contribution in [2.75, 3.05) is 13.7 Å². The van der Waals surface area contributed by atoms with Gasteiger partial charge in [0.05, 0.1) is 7.11 Å². The maximum Gasteiger partial charge on any atom is 0.271 e. The van der Waals surface area contributed by atoms with Crippen LogP contribution < -0.4 is 10.1 Å². The molecular weight excluding hydrogens is 314 g/mol. The fourth-order valence-electron chi connectivity index (χ4n) is 3.23. The van der Waals surface area contributed by atoms with Crippen LogP contribution in [0.5, 0.6) is 5.75 Å². The molecule has 0 fully saturated rings. The zero-order valence-electron chi connectivity index (χ0n) is 14.0. The largest absolute Gasteiger partial charge is 0.497 e. The lowest BCUT2D eigenvalue weighted by molar-refractivity contribution is 0.0950. The Labute approximate surface area is 146 Å². The molecule has 1 atom stereocenters. The SMILES string of the molecule is COc1cccc(-c2nc3c([nH]2)C[C@@H](c2ccccc2)CNC3=O)c1. The van der Waals surface area contributed by atoms with Crippen LogP contribution in [0.25, 0.3) is 11.4 Å². The van der Waals surface area contributed by atoms with Crippen LogP contribution >= 0.6 is 0 Å². The topological polar surface area (TPSA) is 67.0 Å². The zero-order chi connectivity index (χ0) is 17.2. The Morgan fingerprint density at radius 1 is 1.12 bits per heavy atom. The van der Waals surface area contributed by atoms with Crippen molar-refractivity contribution in [3.8, 4) is 17.1 Å². The molecule has 2 N–H and O–H groups in total. The van der Waals surface area contributed by atoms with E-state index in [9.17, 15) is 4.79 Å². The molecule has 0 spiro atoms. The smallest absolute Gasteiger partial charge is 0.271 e. The third-order valence-corrected chi connectivity index (χ3v) is 4.57. The molecule has 1 amide bonds. The first-order valence-electron chi connectivity index (χ1n) is 8.31. The van der Waals surface area contributed by atoms with Crippen LogP contribution in [-0.2, 0) is 6.42 Å². The number of nitrogens with zero attached hydrogens (tertiary/aromatic N) is 1. The molecule has 126 valence electrons. The predicted octanol–water partition coefficient (Wildman–Crippen LogP) is 3.16. The van der Waals surface area contributed by atoms with Gasteiger partial charge in [0, 0.05) is 23.7 Å². The van der Waals surface area contributed by atoms with Crippen molar-refractivity contribution in [1.29, 1.82) is 0 Å². The lowest BCUT2D eigenvalue weighted by Gasteiger charge is -2.14. The highest BCUT2D eigenvalue weighted by Gasteiger charge is 2.26. The van der Waals surface area contributed by atoms with Gasteiger partial charge >= 0.3 is 0 Å². The number of hydrogen-bond acceptors (Lipinski definition) is 3. The second-order valence-electron chi connectivity index (χ2n) is 6.17. The maximum atomic E-state index is 12.4. The number of hydrogen-bond donors (Lipinski definition) is 2. The van der Waals surface area contributed by atoms with Gasteiger partial charge in [-0.15, -0.1) is 0 Å². The molecule has 0 saturated heterocycles. The molecule has 0 aliphatic carbocycles. The summed E-state index contributed by atoms with van der Waals surface area (Å²) in [6.07, 6.45) is 0.745. The number of aromatic nitrogens is 2. The van der Waals surface area contributed by atoms with Gasteiger partial charge in [0.1, 0.15) is 17.3 Å². The number of nitrogens with one attached hydrogen (secondary N) is 2. The maximum absolute atomic E-state index is 12.4. The van der Waals surface area contributed by atoms with E-state index in [1.165, 1.54) is 5.56 Å². The Morgan fingerprint density at radius 3 is 2.76 bits per heavy atom. The van der Waals surface area contributed by atoms with Gasteiger partial charge in [-0.3, -0.25) is 4.79 Å². The number of fused-ring (bicyclic) bond motifs is 1. The molecule has 5 nitrogen and oxygen atoms in total. The molecule has 1 aliphatic heterocycles. The van der Waals surface area contributed by atoms with Crippen molar-refractivity contribution in [3.05, 3.63) is 71.5 Å². The number of aromatic amines is 1. The highest BCUT2D eigenvalue weighted by Crippen LogP contribution is 2.28. The standard InChI is InChI=1S/C20H19N3O2/c1-25-16-9-5-8-14(10-16)19-22-17-11-15(13-6-3-2-4-7-13)12-21-20(24)18(17)23-19/h2-10,15H,11-12H2,1H3,(H,21,24)(H,22,23)/t15-/m1/s1. The van der Waals surface area contributed by atoms with E-state index in [0.29, 0.717) is 18.1 Å². The Kier molecular flexibility index (Phi) is 3.98.